The lowest BCUT2D eigenvalue weighted by atomic mass is 9.97. The maximum Gasteiger partial charge on any atom is 0.257 e. The molecule has 3 heterocycles. The minimum atomic E-state index is -3.59. The first-order valence-corrected chi connectivity index (χ1v) is 10.1. The van der Waals surface area contributed by atoms with Crippen molar-refractivity contribution in [3.63, 3.8) is 0 Å². The number of nitrogens with one attached hydrogen (secondary N) is 1. The van der Waals surface area contributed by atoms with Crippen LogP contribution in [0.5, 0.6) is 0 Å². The summed E-state index contributed by atoms with van der Waals surface area (Å²) in [6.07, 6.45) is 4.45. The number of hydrogen-bond donors (Lipinski definition) is 1. The zero-order chi connectivity index (χ0) is 18.9. The predicted molar refractivity (Wildman–Crippen MR) is 95.2 cm³/mol. The Kier molecular flexibility index (Phi) is 5.19. The van der Waals surface area contributed by atoms with Gasteiger partial charge in [0.2, 0.25) is 10.0 Å². The van der Waals surface area contributed by atoms with Crippen LogP contribution in [0.25, 0.3) is 0 Å². The topological polar surface area (TPSA) is 97.4 Å². The summed E-state index contributed by atoms with van der Waals surface area (Å²) in [7, 11) is -1.86. The molecule has 1 aliphatic rings. The molecule has 0 radical (unpaired) electrons. The van der Waals surface area contributed by atoms with Gasteiger partial charge in [-0.05, 0) is 38.7 Å². The number of nitrogens with zero attached hydrogens (tertiary/aromatic N) is 3. The van der Waals surface area contributed by atoms with Gasteiger partial charge in [-0.2, -0.15) is 5.10 Å². The summed E-state index contributed by atoms with van der Waals surface area (Å²) in [5.74, 6) is 0.162. The van der Waals surface area contributed by atoms with Gasteiger partial charge in [-0.15, -0.1) is 0 Å². The zero-order valence-corrected chi connectivity index (χ0v) is 16.0. The number of likely N-dealkylation sites (tertiary alicyclic amines) is 1. The molecule has 3 rings (SSSR count). The van der Waals surface area contributed by atoms with Crippen molar-refractivity contribution in [3.05, 3.63) is 35.5 Å². The fraction of sp³-hybridized carbons (Fsp3) is 0.529. The summed E-state index contributed by atoms with van der Waals surface area (Å²) in [5, 5.41) is 4.17. The number of carbonyl (C=O) groups excluding carboxylic acids is 1. The van der Waals surface area contributed by atoms with E-state index in [9.17, 15) is 13.2 Å². The van der Waals surface area contributed by atoms with Gasteiger partial charge in [-0.1, -0.05) is 0 Å². The summed E-state index contributed by atoms with van der Waals surface area (Å²) >= 11 is 0. The maximum absolute atomic E-state index is 12.6. The van der Waals surface area contributed by atoms with E-state index in [1.54, 1.807) is 36.5 Å². The third-order valence-corrected chi connectivity index (χ3v) is 6.62. The Bertz CT molecular complexity index is 878. The van der Waals surface area contributed by atoms with Crippen LogP contribution in [0.1, 0.15) is 34.6 Å². The molecule has 26 heavy (non-hydrogen) atoms. The highest BCUT2D eigenvalue weighted by Gasteiger charge is 2.27. The predicted octanol–water partition coefficient (Wildman–Crippen LogP) is 1.46. The van der Waals surface area contributed by atoms with Crippen molar-refractivity contribution >= 4 is 15.9 Å². The molecule has 2 aromatic heterocycles. The third-order valence-electron chi connectivity index (χ3n) is 4.94. The second-order valence-corrected chi connectivity index (χ2v) is 8.43. The number of sulfonamides is 1. The van der Waals surface area contributed by atoms with Gasteiger partial charge in [0.05, 0.1) is 23.2 Å². The third kappa shape index (κ3) is 3.68. The van der Waals surface area contributed by atoms with Gasteiger partial charge < -0.3 is 9.32 Å². The highest BCUT2D eigenvalue weighted by molar-refractivity contribution is 7.89. The van der Waals surface area contributed by atoms with E-state index in [-0.39, 0.29) is 16.7 Å². The van der Waals surface area contributed by atoms with E-state index in [0.717, 1.165) is 12.8 Å². The molecular weight excluding hydrogens is 356 g/mol. The average Bonchev–Trinajstić information content (AvgIpc) is 3.22. The van der Waals surface area contributed by atoms with Crippen LogP contribution in [0.15, 0.2) is 27.9 Å². The minimum absolute atomic E-state index is 0.0422. The van der Waals surface area contributed by atoms with E-state index < -0.39 is 10.0 Å². The molecule has 8 nitrogen and oxygen atoms in total. The minimum Gasteiger partial charge on any atom is -0.472 e. The molecule has 142 valence electrons. The Morgan fingerprint density at radius 3 is 2.58 bits per heavy atom. The van der Waals surface area contributed by atoms with E-state index >= 15 is 0 Å². The largest absolute Gasteiger partial charge is 0.472 e. The van der Waals surface area contributed by atoms with E-state index in [4.69, 9.17) is 4.42 Å². The fourth-order valence-corrected chi connectivity index (χ4v) is 4.90. The van der Waals surface area contributed by atoms with Crippen LogP contribution in [0, 0.1) is 19.8 Å². The van der Waals surface area contributed by atoms with E-state index in [1.165, 1.54) is 12.5 Å². The summed E-state index contributed by atoms with van der Waals surface area (Å²) in [4.78, 5) is 14.3. The van der Waals surface area contributed by atoms with Gasteiger partial charge in [0.1, 0.15) is 11.2 Å². The zero-order valence-electron chi connectivity index (χ0n) is 15.2. The Morgan fingerprint density at radius 2 is 2.04 bits per heavy atom. The van der Waals surface area contributed by atoms with Crippen molar-refractivity contribution in [2.45, 2.75) is 31.6 Å². The number of furan rings is 1. The average molecular weight is 380 g/mol. The molecule has 1 aliphatic heterocycles. The highest BCUT2D eigenvalue weighted by atomic mass is 32.2. The number of aryl methyl sites for hydroxylation is 2. The lowest BCUT2D eigenvalue weighted by Crippen LogP contribution is -2.41. The molecule has 0 aliphatic carbocycles. The summed E-state index contributed by atoms with van der Waals surface area (Å²) in [5.41, 5.74) is 1.67. The van der Waals surface area contributed by atoms with Gasteiger partial charge in [0.15, 0.2) is 0 Å². The number of aromatic nitrogens is 2. The molecule has 0 bridgehead atoms. The standard InChI is InChI=1S/C17H24N4O4S/c1-12-16(13(2)20(3)19-12)26(23,24)18-10-14-4-7-21(8-5-14)17(22)15-6-9-25-11-15/h6,9,11,14,18H,4-5,7-8,10H2,1-3H3. The second-order valence-electron chi connectivity index (χ2n) is 6.72. The van der Waals surface area contributed by atoms with E-state index in [0.29, 0.717) is 36.6 Å². The molecule has 0 unspecified atom stereocenters. The first-order valence-electron chi connectivity index (χ1n) is 8.61. The van der Waals surface area contributed by atoms with Crippen LogP contribution < -0.4 is 4.72 Å². The Morgan fingerprint density at radius 1 is 1.35 bits per heavy atom. The Balaban J connectivity index is 1.56. The second kappa shape index (κ2) is 7.24. The van der Waals surface area contributed by atoms with Crippen molar-refractivity contribution in [2.24, 2.45) is 13.0 Å². The lowest BCUT2D eigenvalue weighted by Gasteiger charge is -2.31. The quantitative estimate of drug-likeness (QED) is 0.847. The smallest absolute Gasteiger partial charge is 0.257 e. The van der Waals surface area contributed by atoms with Crippen LogP contribution >= 0.6 is 0 Å². The fourth-order valence-electron chi connectivity index (χ4n) is 3.35. The summed E-state index contributed by atoms with van der Waals surface area (Å²) in [6, 6.07) is 1.65. The molecule has 1 saturated heterocycles. The molecule has 0 saturated carbocycles. The lowest BCUT2D eigenvalue weighted by molar-refractivity contribution is 0.0691. The molecule has 0 atom stereocenters. The molecule has 0 spiro atoms. The van der Waals surface area contributed by atoms with E-state index in [1.807, 2.05) is 0 Å². The number of rotatable bonds is 5. The van der Waals surface area contributed by atoms with Crippen LogP contribution in [-0.2, 0) is 17.1 Å². The Labute approximate surface area is 153 Å². The molecule has 2 aromatic rings. The van der Waals surface area contributed by atoms with Crippen LogP contribution in [0.2, 0.25) is 0 Å². The number of carbonyl (C=O) groups is 1. The molecule has 9 heteroatoms. The van der Waals surface area contributed by atoms with Crippen LogP contribution in [-0.4, -0.2) is 48.6 Å². The summed E-state index contributed by atoms with van der Waals surface area (Å²) in [6.45, 7) is 5.03. The highest BCUT2D eigenvalue weighted by Crippen LogP contribution is 2.21. The first kappa shape index (κ1) is 18.7. The van der Waals surface area contributed by atoms with Gasteiger partial charge >= 0.3 is 0 Å². The van der Waals surface area contributed by atoms with Crippen molar-refractivity contribution < 1.29 is 17.6 Å². The molecule has 1 fully saturated rings. The molecule has 1 N–H and O–H groups in total. The van der Waals surface area contributed by atoms with Crippen molar-refractivity contribution in [1.82, 2.24) is 19.4 Å². The van der Waals surface area contributed by atoms with Gasteiger partial charge in [-0.25, -0.2) is 13.1 Å². The summed E-state index contributed by atoms with van der Waals surface area (Å²) < 4.78 is 34.5. The maximum atomic E-state index is 12.6. The SMILES string of the molecule is Cc1nn(C)c(C)c1S(=O)(=O)NCC1CCN(C(=O)c2ccoc2)CC1. The van der Waals surface area contributed by atoms with Crippen molar-refractivity contribution in [3.8, 4) is 0 Å². The van der Waals surface area contributed by atoms with E-state index in [2.05, 4.69) is 9.82 Å². The van der Waals surface area contributed by atoms with Crippen LogP contribution in [0.4, 0.5) is 0 Å². The monoisotopic (exact) mass is 380 g/mol. The van der Waals surface area contributed by atoms with Crippen molar-refractivity contribution in [2.75, 3.05) is 19.6 Å². The van der Waals surface area contributed by atoms with Gasteiger partial charge in [0.25, 0.3) is 5.91 Å². The number of hydrogen-bond acceptors (Lipinski definition) is 5. The molecular formula is C17H24N4O4S. The van der Waals surface area contributed by atoms with Crippen LogP contribution in [0.3, 0.4) is 0 Å². The normalized spacial score (nSPS) is 16.2. The Hall–Kier alpha value is -2.13. The molecule has 1 amide bonds. The van der Waals surface area contributed by atoms with Gasteiger partial charge in [0, 0.05) is 26.7 Å². The molecule has 0 aromatic carbocycles. The van der Waals surface area contributed by atoms with Crippen molar-refractivity contribution in [1.29, 1.82) is 0 Å². The number of piperidine rings is 1. The number of amides is 1. The van der Waals surface area contributed by atoms with Gasteiger partial charge in [-0.3, -0.25) is 9.48 Å². The first-order chi connectivity index (χ1) is 12.3.